The van der Waals surface area contributed by atoms with Gasteiger partial charge in [0.05, 0.1) is 0 Å². The third kappa shape index (κ3) is 2.38. The van der Waals surface area contributed by atoms with Crippen LogP contribution in [0.4, 0.5) is 0 Å². The normalized spacial score (nSPS) is 25.1. The molecule has 1 fully saturated rings. The Kier molecular flexibility index (Phi) is 2.93. The lowest BCUT2D eigenvalue weighted by Gasteiger charge is -2.11. The average molecular weight is 245 g/mol. The molecule has 0 radical (unpaired) electrons. The second kappa shape index (κ2) is 4.43. The molecule has 0 bridgehead atoms. The summed E-state index contributed by atoms with van der Waals surface area (Å²) in [5.41, 5.74) is 0. The number of nitrogens with one attached hydrogen (secondary N) is 1. The fourth-order valence-electron chi connectivity index (χ4n) is 2.33. The van der Waals surface area contributed by atoms with E-state index in [9.17, 15) is 0 Å². The van der Waals surface area contributed by atoms with Gasteiger partial charge < -0.3 is 5.32 Å². The summed E-state index contributed by atoms with van der Waals surface area (Å²) in [6, 6.07) is 11.5. The summed E-state index contributed by atoms with van der Waals surface area (Å²) in [6.07, 6.45) is 1.41. The molecule has 90 valence electrons. The second-order valence-corrected chi connectivity index (χ2v) is 6.40. The van der Waals surface area contributed by atoms with Crippen molar-refractivity contribution in [2.24, 2.45) is 11.8 Å². The van der Waals surface area contributed by atoms with Crippen LogP contribution >= 0.6 is 11.3 Å². The molecule has 3 atom stereocenters. The van der Waals surface area contributed by atoms with Crippen molar-refractivity contribution in [1.29, 1.82) is 0 Å². The van der Waals surface area contributed by atoms with Crippen molar-refractivity contribution in [3.63, 3.8) is 0 Å². The van der Waals surface area contributed by atoms with Crippen LogP contribution in [0.25, 0.3) is 10.1 Å². The number of rotatable bonds is 4. The molecule has 0 spiro atoms. The van der Waals surface area contributed by atoms with Crippen LogP contribution in [0.15, 0.2) is 30.3 Å². The molecule has 1 nitrogen and oxygen atoms in total. The van der Waals surface area contributed by atoms with Crippen LogP contribution in [0, 0.1) is 11.8 Å². The van der Waals surface area contributed by atoms with Crippen molar-refractivity contribution in [3.05, 3.63) is 35.2 Å². The molecular weight excluding hydrogens is 226 g/mol. The van der Waals surface area contributed by atoms with Gasteiger partial charge in [-0.3, -0.25) is 0 Å². The molecule has 1 saturated carbocycles. The van der Waals surface area contributed by atoms with E-state index in [-0.39, 0.29) is 0 Å². The highest BCUT2D eigenvalue weighted by molar-refractivity contribution is 7.19. The molecule has 1 aromatic heterocycles. The number of hydrogen-bond donors (Lipinski definition) is 1. The summed E-state index contributed by atoms with van der Waals surface area (Å²) in [6.45, 7) is 5.80. The lowest BCUT2D eigenvalue weighted by Crippen LogP contribution is -2.20. The minimum atomic E-state index is 0.486. The van der Waals surface area contributed by atoms with Gasteiger partial charge in [-0.15, -0.1) is 11.3 Å². The molecular formula is C15H19NS. The van der Waals surface area contributed by atoms with Gasteiger partial charge in [-0.05, 0) is 49.2 Å². The van der Waals surface area contributed by atoms with Crippen LogP contribution in [-0.4, -0.2) is 6.54 Å². The van der Waals surface area contributed by atoms with Crippen molar-refractivity contribution in [1.82, 2.24) is 5.32 Å². The minimum Gasteiger partial charge on any atom is -0.309 e. The fourth-order valence-corrected chi connectivity index (χ4v) is 3.42. The van der Waals surface area contributed by atoms with Gasteiger partial charge in [0.25, 0.3) is 0 Å². The van der Waals surface area contributed by atoms with E-state index in [4.69, 9.17) is 0 Å². The van der Waals surface area contributed by atoms with Gasteiger partial charge >= 0.3 is 0 Å². The van der Waals surface area contributed by atoms with E-state index < -0.39 is 0 Å². The molecule has 1 N–H and O–H groups in total. The zero-order valence-electron chi connectivity index (χ0n) is 10.4. The van der Waals surface area contributed by atoms with Gasteiger partial charge in [0.2, 0.25) is 0 Å². The van der Waals surface area contributed by atoms with E-state index in [1.165, 1.54) is 27.9 Å². The summed E-state index contributed by atoms with van der Waals surface area (Å²) in [7, 11) is 0. The molecule has 0 saturated heterocycles. The predicted molar refractivity (Wildman–Crippen MR) is 75.5 cm³/mol. The van der Waals surface area contributed by atoms with E-state index in [0.29, 0.717) is 6.04 Å². The lowest BCUT2D eigenvalue weighted by molar-refractivity contribution is 0.541. The van der Waals surface area contributed by atoms with E-state index in [1.54, 1.807) is 0 Å². The zero-order chi connectivity index (χ0) is 11.8. The Hall–Kier alpha value is -0.860. The summed E-state index contributed by atoms with van der Waals surface area (Å²) in [4.78, 5) is 1.46. The molecule has 1 aromatic carbocycles. The maximum absolute atomic E-state index is 3.66. The summed E-state index contributed by atoms with van der Waals surface area (Å²) < 4.78 is 1.40. The Labute approximate surface area is 107 Å². The molecule has 3 rings (SSSR count). The molecule has 1 aliphatic rings. The van der Waals surface area contributed by atoms with E-state index in [0.717, 1.165) is 11.8 Å². The third-order valence-corrected chi connectivity index (χ3v) is 5.13. The number of thiophene rings is 1. The molecule has 0 amide bonds. The van der Waals surface area contributed by atoms with Gasteiger partial charge in [-0.25, -0.2) is 0 Å². The van der Waals surface area contributed by atoms with E-state index >= 15 is 0 Å². The van der Waals surface area contributed by atoms with E-state index in [2.05, 4.69) is 49.5 Å². The molecule has 2 aromatic rings. The van der Waals surface area contributed by atoms with Crippen LogP contribution in [0.2, 0.25) is 0 Å². The second-order valence-electron chi connectivity index (χ2n) is 5.29. The summed E-state index contributed by atoms with van der Waals surface area (Å²) >= 11 is 1.92. The quantitative estimate of drug-likeness (QED) is 0.851. The first-order valence-corrected chi connectivity index (χ1v) is 7.27. The largest absolute Gasteiger partial charge is 0.309 e. The Bertz CT molecular complexity index is 483. The van der Waals surface area contributed by atoms with Gasteiger partial charge in [0, 0.05) is 15.6 Å². The Morgan fingerprint density at radius 2 is 2.18 bits per heavy atom. The third-order valence-electron chi connectivity index (χ3n) is 3.83. The monoisotopic (exact) mass is 245 g/mol. The van der Waals surface area contributed by atoms with Crippen molar-refractivity contribution in [2.75, 3.05) is 6.54 Å². The van der Waals surface area contributed by atoms with Crippen LogP contribution < -0.4 is 5.32 Å². The van der Waals surface area contributed by atoms with Crippen LogP contribution in [-0.2, 0) is 0 Å². The Morgan fingerprint density at radius 1 is 1.41 bits per heavy atom. The SMILES string of the molecule is CC(NCC1CC1C)c1cc2ccccc2s1. The maximum Gasteiger partial charge on any atom is 0.0386 e. The highest BCUT2D eigenvalue weighted by Crippen LogP contribution is 2.37. The molecule has 0 aliphatic heterocycles. The van der Waals surface area contributed by atoms with Crippen molar-refractivity contribution < 1.29 is 0 Å². The van der Waals surface area contributed by atoms with Crippen molar-refractivity contribution in [2.45, 2.75) is 26.3 Å². The first-order valence-electron chi connectivity index (χ1n) is 6.46. The van der Waals surface area contributed by atoms with Gasteiger partial charge in [0.15, 0.2) is 0 Å². The van der Waals surface area contributed by atoms with Crippen LogP contribution in [0.3, 0.4) is 0 Å². The molecule has 17 heavy (non-hydrogen) atoms. The van der Waals surface area contributed by atoms with Gasteiger partial charge in [-0.2, -0.15) is 0 Å². The first kappa shape index (κ1) is 11.2. The van der Waals surface area contributed by atoms with Gasteiger partial charge in [0.1, 0.15) is 0 Å². The van der Waals surface area contributed by atoms with Crippen molar-refractivity contribution in [3.8, 4) is 0 Å². The van der Waals surface area contributed by atoms with Gasteiger partial charge in [-0.1, -0.05) is 25.1 Å². The average Bonchev–Trinajstić information content (AvgIpc) is 2.89. The standard InChI is InChI=1S/C15H19NS/c1-10-7-13(10)9-16-11(2)15-8-12-5-3-4-6-14(12)17-15/h3-6,8,10-11,13,16H,7,9H2,1-2H3. The molecule has 1 aliphatic carbocycles. The summed E-state index contributed by atoms with van der Waals surface area (Å²) in [5.74, 6) is 1.86. The predicted octanol–water partition coefficient (Wildman–Crippen LogP) is 4.21. The minimum absolute atomic E-state index is 0.486. The first-order chi connectivity index (χ1) is 8.24. The Balaban J connectivity index is 1.69. The number of fused-ring (bicyclic) bond motifs is 1. The van der Waals surface area contributed by atoms with Crippen LogP contribution in [0.5, 0.6) is 0 Å². The highest BCUT2D eigenvalue weighted by atomic mass is 32.1. The molecule has 2 heteroatoms. The summed E-state index contributed by atoms with van der Waals surface area (Å²) in [5, 5.41) is 5.04. The van der Waals surface area contributed by atoms with Crippen LogP contribution in [0.1, 0.15) is 31.2 Å². The highest BCUT2D eigenvalue weighted by Gasteiger charge is 2.32. The fraction of sp³-hybridized carbons (Fsp3) is 0.467. The topological polar surface area (TPSA) is 12.0 Å². The Morgan fingerprint density at radius 3 is 2.88 bits per heavy atom. The van der Waals surface area contributed by atoms with Crippen molar-refractivity contribution >= 4 is 21.4 Å². The molecule has 3 unspecified atom stereocenters. The molecule has 1 heterocycles. The number of hydrogen-bond acceptors (Lipinski definition) is 2. The number of benzene rings is 1. The smallest absolute Gasteiger partial charge is 0.0386 e. The maximum atomic E-state index is 3.66. The van der Waals surface area contributed by atoms with E-state index in [1.807, 2.05) is 11.3 Å². The zero-order valence-corrected chi connectivity index (χ0v) is 11.3. The lowest BCUT2D eigenvalue weighted by atomic mass is 10.2.